The largest absolute Gasteiger partial charge is 0.508 e. The zero-order valence-electron chi connectivity index (χ0n) is 16.0. The van der Waals surface area contributed by atoms with Crippen LogP contribution in [-0.4, -0.2) is 41.7 Å². The van der Waals surface area contributed by atoms with E-state index in [0.717, 1.165) is 22.8 Å². The molecule has 154 valence electrons. The summed E-state index contributed by atoms with van der Waals surface area (Å²) in [5, 5.41) is 30.8. The van der Waals surface area contributed by atoms with Crippen LogP contribution in [0.15, 0.2) is 52.2 Å². The van der Waals surface area contributed by atoms with Gasteiger partial charge in [0, 0.05) is 5.56 Å². The van der Waals surface area contributed by atoms with Crippen LogP contribution >= 0.6 is 23.1 Å². The van der Waals surface area contributed by atoms with Gasteiger partial charge in [-0.15, -0.1) is 20.4 Å². The SMILES string of the molecule is CCc1nnc(NC(=O)CSc2nnc(-c3ccc(O)cc3)n2Cc2ccco2)s1. The van der Waals surface area contributed by atoms with Crippen LogP contribution < -0.4 is 5.32 Å². The lowest BCUT2D eigenvalue weighted by Crippen LogP contribution is -2.14. The molecule has 9 nitrogen and oxygen atoms in total. The van der Waals surface area contributed by atoms with Crippen LogP contribution in [-0.2, 0) is 17.8 Å². The van der Waals surface area contributed by atoms with Gasteiger partial charge >= 0.3 is 0 Å². The highest BCUT2D eigenvalue weighted by atomic mass is 32.2. The van der Waals surface area contributed by atoms with E-state index in [4.69, 9.17) is 4.42 Å². The van der Waals surface area contributed by atoms with Crippen molar-refractivity contribution in [3.63, 3.8) is 0 Å². The van der Waals surface area contributed by atoms with Gasteiger partial charge in [-0.2, -0.15) is 0 Å². The Morgan fingerprint density at radius 1 is 1.20 bits per heavy atom. The molecule has 1 aromatic carbocycles. The van der Waals surface area contributed by atoms with Crippen molar-refractivity contribution >= 4 is 34.1 Å². The number of benzene rings is 1. The second kappa shape index (κ2) is 9.09. The number of phenols is 1. The first kappa shape index (κ1) is 20.1. The van der Waals surface area contributed by atoms with Crippen LogP contribution in [0.5, 0.6) is 5.75 Å². The Morgan fingerprint density at radius 2 is 2.03 bits per heavy atom. The number of aromatic nitrogens is 5. The number of carbonyl (C=O) groups is 1. The van der Waals surface area contributed by atoms with E-state index in [-0.39, 0.29) is 17.4 Å². The number of hydrogen-bond donors (Lipinski definition) is 2. The van der Waals surface area contributed by atoms with Gasteiger partial charge in [0.25, 0.3) is 0 Å². The van der Waals surface area contributed by atoms with Crippen LogP contribution in [0.1, 0.15) is 17.7 Å². The predicted molar refractivity (Wildman–Crippen MR) is 114 cm³/mol. The highest BCUT2D eigenvalue weighted by Gasteiger charge is 2.17. The Morgan fingerprint density at radius 3 is 2.73 bits per heavy atom. The zero-order chi connectivity index (χ0) is 20.9. The van der Waals surface area contributed by atoms with E-state index in [9.17, 15) is 9.90 Å². The molecule has 3 aromatic heterocycles. The lowest BCUT2D eigenvalue weighted by atomic mass is 10.2. The fourth-order valence-corrected chi connectivity index (χ4v) is 4.09. The Kier molecular flexibility index (Phi) is 6.10. The molecular formula is C19H18N6O3S2. The second-order valence-corrected chi connectivity index (χ2v) is 8.21. The van der Waals surface area contributed by atoms with Crippen LogP contribution in [0.2, 0.25) is 0 Å². The molecule has 1 amide bonds. The fraction of sp³-hybridized carbons (Fsp3) is 0.211. The Labute approximate surface area is 180 Å². The molecule has 0 saturated carbocycles. The van der Waals surface area contributed by atoms with Crippen molar-refractivity contribution < 1.29 is 14.3 Å². The lowest BCUT2D eigenvalue weighted by Gasteiger charge is -2.09. The van der Waals surface area contributed by atoms with Crippen LogP contribution in [0.4, 0.5) is 5.13 Å². The molecule has 0 bridgehead atoms. The van der Waals surface area contributed by atoms with Crippen molar-refractivity contribution in [1.29, 1.82) is 0 Å². The zero-order valence-corrected chi connectivity index (χ0v) is 17.6. The number of rotatable bonds is 8. The average Bonchev–Trinajstić information content (AvgIpc) is 3.49. The summed E-state index contributed by atoms with van der Waals surface area (Å²) in [5.74, 6) is 1.48. The molecule has 0 fully saturated rings. The Balaban J connectivity index is 1.51. The predicted octanol–water partition coefficient (Wildman–Crippen LogP) is 3.44. The summed E-state index contributed by atoms with van der Waals surface area (Å²) in [6, 6.07) is 10.4. The summed E-state index contributed by atoms with van der Waals surface area (Å²) in [6.45, 7) is 2.40. The first-order valence-corrected chi connectivity index (χ1v) is 10.9. The van der Waals surface area contributed by atoms with Gasteiger partial charge in [0.05, 0.1) is 18.6 Å². The van der Waals surface area contributed by atoms with Gasteiger partial charge in [-0.3, -0.25) is 14.7 Å². The van der Waals surface area contributed by atoms with Crippen molar-refractivity contribution in [2.24, 2.45) is 0 Å². The van der Waals surface area contributed by atoms with Gasteiger partial charge < -0.3 is 9.52 Å². The molecule has 3 heterocycles. The number of amides is 1. The van der Waals surface area contributed by atoms with Gasteiger partial charge in [-0.1, -0.05) is 30.0 Å². The van der Waals surface area contributed by atoms with Gasteiger partial charge in [0.1, 0.15) is 16.5 Å². The minimum absolute atomic E-state index is 0.146. The molecule has 4 rings (SSSR count). The second-order valence-electron chi connectivity index (χ2n) is 6.21. The standard InChI is InChI=1S/C19H18N6O3S2/c1-2-16-21-23-18(30-16)20-15(27)11-29-19-24-22-17(12-5-7-13(26)8-6-12)25(19)10-14-4-3-9-28-14/h3-9,26H,2,10-11H2,1H3,(H,20,23,27). The molecule has 0 unspecified atom stereocenters. The number of nitrogens with one attached hydrogen (secondary N) is 1. The quantitative estimate of drug-likeness (QED) is 0.398. The minimum Gasteiger partial charge on any atom is -0.508 e. The van der Waals surface area contributed by atoms with Gasteiger partial charge in [-0.25, -0.2) is 0 Å². The number of phenolic OH excluding ortho intramolecular Hbond substituents is 1. The first-order chi connectivity index (χ1) is 14.6. The molecule has 0 aliphatic rings. The highest BCUT2D eigenvalue weighted by Crippen LogP contribution is 2.27. The van der Waals surface area contributed by atoms with Crippen LogP contribution in [0.3, 0.4) is 0 Å². The Hall–Kier alpha value is -3.18. The number of hydrogen-bond acceptors (Lipinski definition) is 9. The number of nitrogens with zero attached hydrogens (tertiary/aromatic N) is 5. The molecule has 4 aromatic rings. The summed E-state index contributed by atoms with van der Waals surface area (Å²) in [7, 11) is 0. The molecule has 0 saturated heterocycles. The highest BCUT2D eigenvalue weighted by molar-refractivity contribution is 7.99. The van der Waals surface area contributed by atoms with E-state index in [0.29, 0.717) is 22.7 Å². The molecule has 0 atom stereocenters. The third-order valence-corrected chi connectivity index (χ3v) is 6.03. The molecular weight excluding hydrogens is 424 g/mol. The topological polar surface area (TPSA) is 119 Å². The number of aromatic hydroxyl groups is 1. The van der Waals surface area contributed by atoms with Gasteiger partial charge in [-0.05, 0) is 42.8 Å². The summed E-state index contributed by atoms with van der Waals surface area (Å²) >= 11 is 2.63. The van der Waals surface area contributed by atoms with Crippen molar-refractivity contribution in [1.82, 2.24) is 25.0 Å². The molecule has 30 heavy (non-hydrogen) atoms. The third kappa shape index (κ3) is 4.69. The van der Waals surface area contributed by atoms with E-state index in [1.807, 2.05) is 23.6 Å². The number of furan rings is 1. The summed E-state index contributed by atoms with van der Waals surface area (Å²) < 4.78 is 7.35. The van der Waals surface area contributed by atoms with E-state index < -0.39 is 0 Å². The number of anilines is 1. The number of carbonyl (C=O) groups excluding carboxylic acids is 1. The summed E-state index contributed by atoms with van der Waals surface area (Å²) in [6.07, 6.45) is 2.38. The molecule has 0 aliphatic carbocycles. The summed E-state index contributed by atoms with van der Waals surface area (Å²) in [5.41, 5.74) is 0.795. The number of aryl methyl sites for hydroxylation is 1. The maximum Gasteiger partial charge on any atom is 0.236 e. The molecule has 2 N–H and O–H groups in total. The smallest absolute Gasteiger partial charge is 0.236 e. The van der Waals surface area contributed by atoms with E-state index in [2.05, 4.69) is 25.7 Å². The number of thioether (sulfide) groups is 1. The van der Waals surface area contributed by atoms with E-state index >= 15 is 0 Å². The van der Waals surface area contributed by atoms with Crippen LogP contribution in [0.25, 0.3) is 11.4 Å². The maximum atomic E-state index is 12.3. The molecule has 11 heteroatoms. The van der Waals surface area contributed by atoms with Crippen molar-refractivity contribution in [2.75, 3.05) is 11.1 Å². The molecule has 0 radical (unpaired) electrons. The normalized spacial score (nSPS) is 11.0. The average molecular weight is 443 g/mol. The monoisotopic (exact) mass is 442 g/mol. The minimum atomic E-state index is -0.197. The summed E-state index contributed by atoms with van der Waals surface area (Å²) in [4.78, 5) is 12.3. The maximum absolute atomic E-state index is 12.3. The molecule has 0 spiro atoms. The van der Waals surface area contributed by atoms with Gasteiger partial charge in [0.2, 0.25) is 11.0 Å². The van der Waals surface area contributed by atoms with Gasteiger partial charge in [0.15, 0.2) is 11.0 Å². The van der Waals surface area contributed by atoms with Crippen molar-refractivity contribution in [3.05, 3.63) is 53.4 Å². The first-order valence-electron chi connectivity index (χ1n) is 9.12. The lowest BCUT2D eigenvalue weighted by molar-refractivity contribution is -0.113. The fourth-order valence-electron chi connectivity index (χ4n) is 2.65. The Bertz CT molecular complexity index is 1120. The van der Waals surface area contributed by atoms with E-state index in [1.54, 1.807) is 30.5 Å². The van der Waals surface area contributed by atoms with Crippen molar-refractivity contribution in [2.45, 2.75) is 25.0 Å². The van der Waals surface area contributed by atoms with Crippen molar-refractivity contribution in [3.8, 4) is 17.1 Å². The third-order valence-electron chi connectivity index (χ3n) is 4.08. The molecule has 0 aliphatic heterocycles. The van der Waals surface area contributed by atoms with Crippen LogP contribution in [0, 0.1) is 0 Å². The van der Waals surface area contributed by atoms with E-state index in [1.165, 1.54) is 23.1 Å².